The van der Waals surface area contributed by atoms with Crippen LogP contribution < -0.4 is 16.6 Å². The molecule has 0 saturated carbocycles. The molecule has 0 saturated heterocycles. The van der Waals surface area contributed by atoms with Gasteiger partial charge in [0.1, 0.15) is 11.5 Å². The first-order chi connectivity index (χ1) is 12.4. The summed E-state index contributed by atoms with van der Waals surface area (Å²) in [5, 5.41) is 2.92. The lowest BCUT2D eigenvalue weighted by Gasteiger charge is -2.37. The van der Waals surface area contributed by atoms with Crippen molar-refractivity contribution in [1.82, 2.24) is 25.3 Å². The Morgan fingerprint density at radius 1 is 1.26 bits per heavy atom. The van der Waals surface area contributed by atoms with Crippen LogP contribution in [0.25, 0.3) is 0 Å². The zero-order valence-electron chi connectivity index (χ0n) is 16.3. The minimum Gasteiger partial charge on any atom is -0.344 e. The lowest BCUT2D eigenvalue weighted by atomic mass is 9.74. The summed E-state index contributed by atoms with van der Waals surface area (Å²) in [6.07, 6.45) is 3.28. The highest BCUT2D eigenvalue weighted by Gasteiger charge is 2.35. The smallest absolute Gasteiger partial charge is 0.326 e. The van der Waals surface area contributed by atoms with Crippen LogP contribution in [-0.2, 0) is 11.8 Å². The van der Waals surface area contributed by atoms with Crippen LogP contribution in [0.2, 0.25) is 0 Å². The molecular weight excluding hydrogens is 346 g/mol. The van der Waals surface area contributed by atoms with Crippen LogP contribution in [0.3, 0.4) is 0 Å². The minimum atomic E-state index is -0.713. The van der Waals surface area contributed by atoms with Crippen LogP contribution in [0.4, 0.5) is 0 Å². The highest BCUT2D eigenvalue weighted by atomic mass is 16.2. The number of amides is 1. The first-order valence-electron chi connectivity index (χ1n) is 8.95. The van der Waals surface area contributed by atoms with Gasteiger partial charge < -0.3 is 10.3 Å². The quantitative estimate of drug-likeness (QED) is 0.740. The summed E-state index contributed by atoms with van der Waals surface area (Å²) in [5.41, 5.74) is 0.178. The van der Waals surface area contributed by atoms with Gasteiger partial charge in [0.2, 0.25) is 0 Å². The average Bonchev–Trinajstić information content (AvgIpc) is 2.51. The number of carbonyl (C=O) groups excluding carboxylic acids is 1. The molecule has 0 fully saturated rings. The van der Waals surface area contributed by atoms with Crippen LogP contribution in [-0.4, -0.2) is 25.8 Å². The Labute approximate surface area is 156 Å². The molecule has 3 N–H and O–H groups in total. The van der Waals surface area contributed by atoms with Gasteiger partial charge in [0, 0.05) is 28.9 Å². The van der Waals surface area contributed by atoms with Crippen LogP contribution >= 0.6 is 0 Å². The molecule has 1 amide bonds. The third-order valence-corrected chi connectivity index (χ3v) is 4.66. The summed E-state index contributed by atoms with van der Waals surface area (Å²) >= 11 is 0. The largest absolute Gasteiger partial charge is 0.344 e. The molecule has 1 aliphatic carbocycles. The van der Waals surface area contributed by atoms with E-state index in [1.807, 2.05) is 0 Å². The average molecular weight is 371 g/mol. The second-order valence-corrected chi connectivity index (χ2v) is 8.92. The molecule has 2 aromatic heterocycles. The Hall–Kier alpha value is -2.77. The van der Waals surface area contributed by atoms with E-state index in [9.17, 15) is 14.4 Å². The number of aromatic nitrogens is 4. The van der Waals surface area contributed by atoms with E-state index in [2.05, 4.69) is 54.9 Å². The second kappa shape index (κ2) is 6.44. The van der Waals surface area contributed by atoms with Gasteiger partial charge in [-0.2, -0.15) is 0 Å². The van der Waals surface area contributed by atoms with Crippen molar-refractivity contribution in [3.8, 4) is 0 Å². The minimum absolute atomic E-state index is 0.0595. The van der Waals surface area contributed by atoms with Gasteiger partial charge in [-0.05, 0) is 18.3 Å². The van der Waals surface area contributed by atoms with E-state index >= 15 is 0 Å². The third kappa shape index (κ3) is 4.15. The normalized spacial score (nSPS) is 18.6. The molecule has 0 spiro atoms. The summed E-state index contributed by atoms with van der Waals surface area (Å²) < 4.78 is 0. The fourth-order valence-corrected chi connectivity index (χ4v) is 3.36. The van der Waals surface area contributed by atoms with Gasteiger partial charge in [0.05, 0.1) is 6.04 Å². The summed E-state index contributed by atoms with van der Waals surface area (Å²) in [7, 11) is 0. The molecule has 8 nitrogen and oxygen atoms in total. The molecule has 0 bridgehead atoms. The molecule has 27 heavy (non-hydrogen) atoms. The molecule has 144 valence electrons. The molecule has 1 atom stereocenters. The number of hydrogen-bond donors (Lipinski definition) is 3. The molecule has 0 aromatic carbocycles. The van der Waals surface area contributed by atoms with Crippen molar-refractivity contribution >= 4 is 5.91 Å². The number of nitrogens with one attached hydrogen (secondary N) is 3. The van der Waals surface area contributed by atoms with Crippen LogP contribution in [0.1, 0.15) is 74.7 Å². The lowest BCUT2D eigenvalue weighted by Crippen LogP contribution is -2.39. The number of nitrogens with zero attached hydrogens (tertiary/aromatic N) is 2. The van der Waals surface area contributed by atoms with Crippen molar-refractivity contribution in [3.63, 3.8) is 0 Å². The van der Waals surface area contributed by atoms with Gasteiger partial charge in [-0.3, -0.25) is 14.6 Å². The number of aromatic amines is 2. The molecule has 0 unspecified atom stereocenters. The van der Waals surface area contributed by atoms with Gasteiger partial charge in [-0.25, -0.2) is 14.8 Å². The first kappa shape index (κ1) is 19.0. The van der Waals surface area contributed by atoms with Gasteiger partial charge in [0.15, 0.2) is 0 Å². The summed E-state index contributed by atoms with van der Waals surface area (Å²) in [6, 6.07) is 0.776. The zero-order valence-corrected chi connectivity index (χ0v) is 16.3. The first-order valence-corrected chi connectivity index (χ1v) is 8.95. The van der Waals surface area contributed by atoms with E-state index < -0.39 is 17.2 Å². The predicted molar refractivity (Wildman–Crippen MR) is 101 cm³/mol. The van der Waals surface area contributed by atoms with E-state index in [0.717, 1.165) is 29.6 Å². The maximum Gasteiger partial charge on any atom is 0.326 e. The Kier molecular flexibility index (Phi) is 4.53. The van der Waals surface area contributed by atoms with E-state index in [1.54, 1.807) is 6.20 Å². The van der Waals surface area contributed by atoms with Crippen molar-refractivity contribution in [2.75, 3.05) is 0 Å². The summed E-state index contributed by atoms with van der Waals surface area (Å²) in [6.45, 7) is 10.4. The Morgan fingerprint density at radius 2 is 1.96 bits per heavy atom. The van der Waals surface area contributed by atoms with Crippen LogP contribution in [0, 0.1) is 5.41 Å². The standard InChI is InChI=1S/C19H25N5O3/c1-18(2,3)16-20-9-10-12(7-19(4,5)8-13(10)22-16)21-15(26)11-6-14(25)24-17(27)23-11/h6,9,12H,7-8H2,1-5H3,(H,21,26)(H2,23,24,25,27)/t12-/m0/s1. The molecule has 0 aliphatic heterocycles. The van der Waals surface area contributed by atoms with Crippen molar-refractivity contribution in [3.05, 3.63) is 55.9 Å². The molecule has 2 heterocycles. The van der Waals surface area contributed by atoms with Crippen molar-refractivity contribution in [2.24, 2.45) is 5.41 Å². The number of rotatable bonds is 2. The molecule has 3 rings (SSSR count). The molecule has 1 aliphatic rings. The van der Waals surface area contributed by atoms with E-state index in [4.69, 9.17) is 4.98 Å². The SMILES string of the molecule is CC1(C)Cc2nc(C(C)(C)C)ncc2[C@@H](NC(=O)c2cc(=O)[nH]c(=O)[nH]2)C1. The Bertz CT molecular complexity index is 969. The zero-order chi connectivity index (χ0) is 20.0. The van der Waals surface area contributed by atoms with E-state index in [0.29, 0.717) is 6.42 Å². The Balaban J connectivity index is 1.96. The molecule has 0 radical (unpaired) electrons. The topological polar surface area (TPSA) is 121 Å². The third-order valence-electron chi connectivity index (χ3n) is 4.66. The fraction of sp³-hybridized carbons (Fsp3) is 0.526. The van der Waals surface area contributed by atoms with E-state index in [-0.39, 0.29) is 22.6 Å². The Morgan fingerprint density at radius 3 is 2.59 bits per heavy atom. The fourth-order valence-electron chi connectivity index (χ4n) is 3.36. The maximum atomic E-state index is 12.6. The number of carbonyl (C=O) groups is 1. The molecular formula is C19H25N5O3. The van der Waals surface area contributed by atoms with E-state index in [1.165, 1.54) is 0 Å². The predicted octanol–water partition coefficient (Wildman–Crippen LogP) is 1.59. The number of H-pyrrole nitrogens is 2. The van der Waals surface area contributed by atoms with Crippen LogP contribution in [0.5, 0.6) is 0 Å². The molecule has 8 heteroatoms. The van der Waals surface area contributed by atoms with Crippen LogP contribution in [0.15, 0.2) is 21.9 Å². The second-order valence-electron chi connectivity index (χ2n) is 8.92. The summed E-state index contributed by atoms with van der Waals surface area (Å²) in [5.74, 6) is 0.259. The van der Waals surface area contributed by atoms with Gasteiger partial charge in [0.25, 0.3) is 11.5 Å². The molecule has 2 aromatic rings. The van der Waals surface area contributed by atoms with Gasteiger partial charge in [-0.15, -0.1) is 0 Å². The summed E-state index contributed by atoms with van der Waals surface area (Å²) in [4.78, 5) is 49.2. The van der Waals surface area contributed by atoms with Crippen molar-refractivity contribution < 1.29 is 4.79 Å². The number of fused-ring (bicyclic) bond motifs is 1. The van der Waals surface area contributed by atoms with Crippen molar-refractivity contribution in [2.45, 2.75) is 58.9 Å². The van der Waals surface area contributed by atoms with Gasteiger partial charge >= 0.3 is 5.69 Å². The van der Waals surface area contributed by atoms with Crippen molar-refractivity contribution in [1.29, 1.82) is 0 Å². The van der Waals surface area contributed by atoms with Gasteiger partial charge in [-0.1, -0.05) is 34.6 Å². The number of hydrogen-bond acceptors (Lipinski definition) is 5. The highest BCUT2D eigenvalue weighted by molar-refractivity contribution is 5.92. The highest BCUT2D eigenvalue weighted by Crippen LogP contribution is 2.40. The lowest BCUT2D eigenvalue weighted by molar-refractivity contribution is 0.0913. The monoisotopic (exact) mass is 371 g/mol. The maximum absolute atomic E-state index is 12.6.